The summed E-state index contributed by atoms with van der Waals surface area (Å²) in [6.45, 7) is 6.94. The van der Waals surface area contributed by atoms with Gasteiger partial charge in [-0.1, -0.05) is 13.0 Å². The summed E-state index contributed by atoms with van der Waals surface area (Å²) in [6, 6.07) is 6.33. The minimum Gasteiger partial charge on any atom is -0.370 e. The molecule has 118 valence electrons. The van der Waals surface area contributed by atoms with E-state index in [4.69, 9.17) is 5.73 Å². The fourth-order valence-electron chi connectivity index (χ4n) is 2.99. The fraction of sp³-hybridized carbons (Fsp3) is 0.529. The summed E-state index contributed by atoms with van der Waals surface area (Å²) >= 11 is 0. The lowest BCUT2D eigenvalue weighted by molar-refractivity contribution is 0.277. The zero-order valence-electron chi connectivity index (χ0n) is 13.7. The van der Waals surface area contributed by atoms with Crippen LogP contribution in [0.25, 0.3) is 11.0 Å². The maximum Gasteiger partial charge on any atom is 0.191 e. The van der Waals surface area contributed by atoms with Crippen LogP contribution in [-0.2, 0) is 13.6 Å². The van der Waals surface area contributed by atoms with Gasteiger partial charge in [0, 0.05) is 20.1 Å². The van der Waals surface area contributed by atoms with Crippen LogP contribution in [0, 0.1) is 12.8 Å². The summed E-state index contributed by atoms with van der Waals surface area (Å²) in [5.74, 6) is 2.40. The SMILES string of the molecule is Cc1ccc2c(c1)nc(CN=C(N)N1CCC(C)CC1)n2C. The molecule has 1 saturated heterocycles. The smallest absolute Gasteiger partial charge is 0.191 e. The van der Waals surface area contributed by atoms with Gasteiger partial charge in [0.25, 0.3) is 0 Å². The lowest BCUT2D eigenvalue weighted by atomic mass is 10.00. The maximum atomic E-state index is 6.15. The van der Waals surface area contributed by atoms with E-state index in [9.17, 15) is 0 Å². The minimum absolute atomic E-state index is 0.530. The van der Waals surface area contributed by atoms with Crippen LogP contribution >= 0.6 is 0 Å². The van der Waals surface area contributed by atoms with E-state index in [1.807, 2.05) is 7.05 Å². The number of hydrogen-bond acceptors (Lipinski definition) is 2. The number of hydrogen-bond donors (Lipinski definition) is 1. The summed E-state index contributed by atoms with van der Waals surface area (Å²) < 4.78 is 2.10. The van der Waals surface area contributed by atoms with Gasteiger partial charge in [0.1, 0.15) is 12.4 Å². The van der Waals surface area contributed by atoms with Crippen molar-refractivity contribution in [2.45, 2.75) is 33.2 Å². The number of piperidine rings is 1. The lowest BCUT2D eigenvalue weighted by Gasteiger charge is -2.30. The Kier molecular flexibility index (Phi) is 4.05. The predicted molar refractivity (Wildman–Crippen MR) is 90.7 cm³/mol. The lowest BCUT2D eigenvalue weighted by Crippen LogP contribution is -2.42. The zero-order valence-corrected chi connectivity index (χ0v) is 13.7. The number of guanidine groups is 1. The largest absolute Gasteiger partial charge is 0.370 e. The van der Waals surface area contributed by atoms with E-state index in [0.717, 1.165) is 35.9 Å². The summed E-state index contributed by atoms with van der Waals surface area (Å²) in [6.07, 6.45) is 2.39. The summed E-state index contributed by atoms with van der Waals surface area (Å²) in [5.41, 5.74) is 9.54. The van der Waals surface area contributed by atoms with Crippen LogP contribution in [0.5, 0.6) is 0 Å². The molecule has 1 aliphatic rings. The van der Waals surface area contributed by atoms with E-state index in [0.29, 0.717) is 12.5 Å². The molecule has 3 rings (SSSR count). The van der Waals surface area contributed by atoms with E-state index in [2.05, 4.69) is 51.5 Å². The number of imidazole rings is 1. The van der Waals surface area contributed by atoms with Gasteiger partial charge in [-0.15, -0.1) is 0 Å². The molecule has 1 fully saturated rings. The molecule has 1 aliphatic heterocycles. The first-order chi connectivity index (χ1) is 10.5. The number of aromatic nitrogens is 2. The molecule has 2 N–H and O–H groups in total. The quantitative estimate of drug-likeness (QED) is 0.684. The van der Waals surface area contributed by atoms with E-state index in [1.165, 1.54) is 18.4 Å². The molecule has 0 unspecified atom stereocenters. The van der Waals surface area contributed by atoms with E-state index >= 15 is 0 Å². The molecule has 0 radical (unpaired) electrons. The first-order valence-corrected chi connectivity index (χ1v) is 8.01. The molecule has 0 bridgehead atoms. The molecule has 22 heavy (non-hydrogen) atoms. The molecule has 0 saturated carbocycles. The normalized spacial score (nSPS) is 17.4. The monoisotopic (exact) mass is 299 g/mol. The Morgan fingerprint density at radius 3 is 2.82 bits per heavy atom. The Morgan fingerprint density at radius 2 is 2.09 bits per heavy atom. The number of likely N-dealkylation sites (tertiary alicyclic amines) is 1. The van der Waals surface area contributed by atoms with Crippen LogP contribution in [0.2, 0.25) is 0 Å². The number of rotatable bonds is 2. The van der Waals surface area contributed by atoms with Crippen molar-refractivity contribution < 1.29 is 0 Å². The van der Waals surface area contributed by atoms with Gasteiger partial charge in [0.2, 0.25) is 0 Å². The van der Waals surface area contributed by atoms with Gasteiger partial charge in [0.05, 0.1) is 11.0 Å². The Hall–Kier alpha value is -2.04. The van der Waals surface area contributed by atoms with Crippen molar-refractivity contribution in [2.24, 2.45) is 23.7 Å². The molecule has 0 aliphatic carbocycles. The zero-order chi connectivity index (χ0) is 15.7. The van der Waals surface area contributed by atoms with Gasteiger partial charge >= 0.3 is 0 Å². The van der Waals surface area contributed by atoms with E-state index in [-0.39, 0.29) is 0 Å². The first kappa shape index (κ1) is 14.9. The van der Waals surface area contributed by atoms with Gasteiger partial charge in [-0.3, -0.25) is 0 Å². The number of benzene rings is 1. The van der Waals surface area contributed by atoms with Gasteiger partial charge < -0.3 is 15.2 Å². The van der Waals surface area contributed by atoms with E-state index in [1.54, 1.807) is 0 Å². The second-order valence-corrected chi connectivity index (χ2v) is 6.42. The van der Waals surface area contributed by atoms with Crippen molar-refractivity contribution in [3.05, 3.63) is 29.6 Å². The highest BCUT2D eigenvalue weighted by Crippen LogP contribution is 2.18. The highest BCUT2D eigenvalue weighted by molar-refractivity contribution is 5.79. The molecule has 1 aromatic carbocycles. The number of fused-ring (bicyclic) bond motifs is 1. The van der Waals surface area contributed by atoms with Crippen LogP contribution in [0.4, 0.5) is 0 Å². The van der Waals surface area contributed by atoms with E-state index < -0.39 is 0 Å². The number of nitrogens with two attached hydrogens (primary N) is 1. The summed E-state index contributed by atoms with van der Waals surface area (Å²) in [7, 11) is 2.04. The van der Waals surface area contributed by atoms with Crippen molar-refractivity contribution in [2.75, 3.05) is 13.1 Å². The minimum atomic E-state index is 0.530. The number of aliphatic imine (C=N–C) groups is 1. The Labute approximate surface area is 131 Å². The molecular formula is C17H25N5. The molecule has 0 atom stereocenters. The topological polar surface area (TPSA) is 59.4 Å². The molecule has 5 heteroatoms. The second-order valence-electron chi connectivity index (χ2n) is 6.42. The van der Waals surface area contributed by atoms with Crippen molar-refractivity contribution in [3.63, 3.8) is 0 Å². The van der Waals surface area contributed by atoms with Crippen molar-refractivity contribution >= 4 is 17.0 Å². The first-order valence-electron chi connectivity index (χ1n) is 8.01. The van der Waals surface area contributed by atoms with Crippen LogP contribution in [0.15, 0.2) is 23.2 Å². The van der Waals surface area contributed by atoms with Crippen LogP contribution < -0.4 is 5.73 Å². The molecule has 5 nitrogen and oxygen atoms in total. The standard InChI is InChI=1S/C17H25N5/c1-12-6-8-22(9-7-12)17(18)19-11-16-20-14-10-13(2)4-5-15(14)21(16)3/h4-5,10,12H,6-9,11H2,1-3H3,(H2,18,19). The van der Waals surface area contributed by atoms with Gasteiger partial charge in [0.15, 0.2) is 5.96 Å². The summed E-state index contributed by atoms with van der Waals surface area (Å²) in [5, 5.41) is 0. The third kappa shape index (κ3) is 2.93. The average molecular weight is 299 g/mol. The third-order valence-corrected chi connectivity index (χ3v) is 4.62. The molecule has 2 heterocycles. The maximum absolute atomic E-state index is 6.15. The van der Waals surface area contributed by atoms with Gasteiger partial charge in [-0.25, -0.2) is 9.98 Å². The van der Waals surface area contributed by atoms with Gasteiger partial charge in [-0.2, -0.15) is 0 Å². The number of aryl methyl sites for hydroxylation is 2. The van der Waals surface area contributed by atoms with Crippen molar-refractivity contribution in [3.8, 4) is 0 Å². The Morgan fingerprint density at radius 1 is 1.36 bits per heavy atom. The van der Waals surface area contributed by atoms with Gasteiger partial charge in [-0.05, 0) is 43.4 Å². The van der Waals surface area contributed by atoms with Crippen molar-refractivity contribution in [1.29, 1.82) is 0 Å². The average Bonchev–Trinajstić information content (AvgIpc) is 2.81. The molecule has 1 aromatic heterocycles. The van der Waals surface area contributed by atoms with Crippen LogP contribution in [-0.4, -0.2) is 33.5 Å². The van der Waals surface area contributed by atoms with Crippen LogP contribution in [0.1, 0.15) is 31.2 Å². The Bertz CT molecular complexity index is 692. The highest BCUT2D eigenvalue weighted by atomic mass is 15.3. The third-order valence-electron chi connectivity index (χ3n) is 4.62. The van der Waals surface area contributed by atoms with Crippen LogP contribution in [0.3, 0.4) is 0 Å². The highest BCUT2D eigenvalue weighted by Gasteiger charge is 2.17. The molecule has 2 aromatic rings. The van der Waals surface area contributed by atoms with Crippen molar-refractivity contribution in [1.82, 2.24) is 14.5 Å². The second kappa shape index (κ2) is 5.99. The molecular weight excluding hydrogens is 274 g/mol. The molecule has 0 spiro atoms. The Balaban J connectivity index is 1.75. The molecule has 0 amide bonds. The fourth-order valence-corrected chi connectivity index (χ4v) is 2.99. The predicted octanol–water partition coefficient (Wildman–Crippen LogP) is 2.43. The number of nitrogens with zero attached hydrogens (tertiary/aromatic N) is 4. The summed E-state index contributed by atoms with van der Waals surface area (Å²) in [4.78, 5) is 11.4.